The lowest BCUT2D eigenvalue weighted by Crippen LogP contribution is -2.66. The summed E-state index contributed by atoms with van der Waals surface area (Å²) in [6, 6.07) is 22.5. The van der Waals surface area contributed by atoms with E-state index in [1.807, 2.05) is 0 Å². The number of rotatable bonds is 12. The molecule has 2 N–H and O–H groups in total. The minimum absolute atomic E-state index is 0.00516. The molecule has 3 aliphatic carbocycles. The van der Waals surface area contributed by atoms with Gasteiger partial charge in [-0.25, -0.2) is 0 Å². The Kier molecular flexibility index (Phi) is 10.8. The third kappa shape index (κ3) is 6.97. The van der Waals surface area contributed by atoms with Crippen LogP contribution in [0, 0.1) is 40.9 Å². The number of hydrogen-bond acceptors (Lipinski definition) is 5. The van der Waals surface area contributed by atoms with Gasteiger partial charge in [0, 0.05) is 27.0 Å². The summed E-state index contributed by atoms with van der Waals surface area (Å²) >= 11 is 0. The molecule has 0 aliphatic heterocycles. The Bertz CT molecular complexity index is 1440. The molecule has 0 unspecified atom stereocenters. The van der Waals surface area contributed by atoms with Crippen LogP contribution in [0.5, 0.6) is 0 Å². The minimum Gasteiger partial charge on any atom is -0.403 e. The van der Waals surface area contributed by atoms with Crippen molar-refractivity contribution in [3.8, 4) is 11.8 Å². The molecular formula is C41H60O5Si2. The molecule has 7 heteroatoms. The monoisotopic (exact) mass is 688 g/mol. The van der Waals surface area contributed by atoms with Crippen LogP contribution >= 0.6 is 0 Å². The maximum Gasteiger partial charge on any atom is 0.261 e. The fraction of sp³-hybridized carbons (Fsp3) is 0.610. The van der Waals surface area contributed by atoms with Gasteiger partial charge in [0.2, 0.25) is 0 Å². The molecule has 0 bridgehead atoms. The maximum atomic E-state index is 12.6. The van der Waals surface area contributed by atoms with Crippen molar-refractivity contribution in [3.05, 3.63) is 72.3 Å². The zero-order valence-corrected chi connectivity index (χ0v) is 32.9. The smallest absolute Gasteiger partial charge is 0.261 e. The molecule has 2 fully saturated rings. The zero-order chi connectivity index (χ0) is 35.0. The Balaban J connectivity index is 1.58. The second-order valence-corrected chi connectivity index (χ2v) is 27.4. The largest absolute Gasteiger partial charge is 0.403 e. The molecule has 5 nitrogen and oxygen atoms in total. The van der Waals surface area contributed by atoms with Crippen molar-refractivity contribution in [2.45, 2.75) is 103 Å². The molecule has 0 saturated heterocycles. The second-order valence-electron chi connectivity index (χ2n) is 17.4. The highest BCUT2D eigenvalue weighted by Gasteiger charge is 2.71. The summed E-state index contributed by atoms with van der Waals surface area (Å²) in [5, 5.41) is 26.1. The quantitative estimate of drug-likeness (QED) is 0.0827. The summed E-state index contributed by atoms with van der Waals surface area (Å²) in [5.74, 6) is 6.58. The van der Waals surface area contributed by atoms with Crippen molar-refractivity contribution in [1.29, 1.82) is 0 Å². The lowest BCUT2D eigenvalue weighted by Gasteiger charge is -2.49. The van der Waals surface area contributed by atoms with Gasteiger partial charge < -0.3 is 24.1 Å². The molecule has 0 radical (unpaired) electrons. The van der Waals surface area contributed by atoms with Crippen LogP contribution in [-0.2, 0) is 13.9 Å². The van der Waals surface area contributed by atoms with Crippen LogP contribution in [0.4, 0.5) is 0 Å². The molecule has 48 heavy (non-hydrogen) atoms. The van der Waals surface area contributed by atoms with Crippen LogP contribution in [0.1, 0.15) is 60.8 Å². The summed E-state index contributed by atoms with van der Waals surface area (Å²) in [4.78, 5) is 0. The first-order valence-corrected chi connectivity index (χ1v) is 23.6. The predicted octanol–water partition coefficient (Wildman–Crippen LogP) is 7.01. The highest BCUT2D eigenvalue weighted by atomic mass is 28.4. The summed E-state index contributed by atoms with van der Waals surface area (Å²) in [5.41, 5.74) is -1.11. The molecule has 2 aromatic carbocycles. The normalized spacial score (nSPS) is 29.9. The van der Waals surface area contributed by atoms with Gasteiger partial charge in [0.1, 0.15) is 12.4 Å². The fourth-order valence-electron chi connectivity index (χ4n) is 9.31. The molecule has 6 atom stereocenters. The van der Waals surface area contributed by atoms with Crippen molar-refractivity contribution in [1.82, 2.24) is 0 Å². The molecule has 3 aliphatic rings. The van der Waals surface area contributed by atoms with Gasteiger partial charge in [-0.1, -0.05) is 127 Å². The molecule has 0 aromatic heterocycles. The predicted molar refractivity (Wildman–Crippen MR) is 202 cm³/mol. The maximum absolute atomic E-state index is 12.6. The Morgan fingerprint density at radius 2 is 1.56 bits per heavy atom. The van der Waals surface area contributed by atoms with E-state index in [1.165, 1.54) is 10.4 Å². The van der Waals surface area contributed by atoms with Crippen molar-refractivity contribution in [2.75, 3.05) is 26.6 Å². The van der Waals surface area contributed by atoms with E-state index in [1.54, 1.807) is 6.92 Å². The zero-order valence-electron chi connectivity index (χ0n) is 30.9. The fourth-order valence-corrected chi connectivity index (χ4v) is 14.6. The topological polar surface area (TPSA) is 68.2 Å². The number of benzene rings is 2. The van der Waals surface area contributed by atoms with Gasteiger partial charge in [-0.15, -0.1) is 5.92 Å². The third-order valence-electron chi connectivity index (χ3n) is 11.8. The van der Waals surface area contributed by atoms with E-state index in [2.05, 4.69) is 133 Å². The van der Waals surface area contributed by atoms with Crippen LogP contribution in [0.3, 0.4) is 0 Å². The highest BCUT2D eigenvalue weighted by Crippen LogP contribution is 2.71. The van der Waals surface area contributed by atoms with Gasteiger partial charge in [0.05, 0.1) is 24.7 Å². The Labute approximate surface area is 292 Å². The van der Waals surface area contributed by atoms with Gasteiger partial charge in [-0.05, 0) is 64.0 Å². The minimum atomic E-state index is -2.84. The van der Waals surface area contributed by atoms with Gasteiger partial charge in [-0.3, -0.25) is 0 Å². The van der Waals surface area contributed by atoms with Crippen molar-refractivity contribution >= 4 is 26.8 Å². The number of aliphatic hydroxyl groups is 2. The summed E-state index contributed by atoms with van der Waals surface area (Å²) < 4.78 is 20.5. The van der Waals surface area contributed by atoms with E-state index < -0.39 is 33.5 Å². The van der Waals surface area contributed by atoms with E-state index in [0.29, 0.717) is 31.5 Å². The molecule has 262 valence electrons. The van der Waals surface area contributed by atoms with Crippen molar-refractivity contribution < 1.29 is 24.1 Å². The van der Waals surface area contributed by atoms with E-state index >= 15 is 0 Å². The van der Waals surface area contributed by atoms with Crippen molar-refractivity contribution in [3.63, 3.8) is 0 Å². The first-order chi connectivity index (χ1) is 22.6. The van der Waals surface area contributed by atoms with Crippen LogP contribution < -0.4 is 10.4 Å². The Morgan fingerprint density at radius 3 is 2.08 bits per heavy atom. The van der Waals surface area contributed by atoms with E-state index in [9.17, 15) is 10.2 Å². The Hall–Kier alpha value is -2.03. The van der Waals surface area contributed by atoms with Gasteiger partial charge in [0.25, 0.3) is 8.32 Å². The summed E-state index contributed by atoms with van der Waals surface area (Å²) in [6.45, 7) is 21.4. The standard InChI is InChI=1S/C41H60O5Si2/c1-10-22-40(43)27-31(29-46-48(38(2,3)4,32-17-13-11-14-18-32)33-19-15-12-16-20-33)26-35-37-34(39(37,5)6)21-23-41(35,36(40)28-42)45-30-44-24-25-47(7,8)9/h11-20,26,34-37,42-43H,21,23-25,27-30H2,1-9H3/t34-,35+,36-,37-,40-,41-/m1/s1. The highest BCUT2D eigenvalue weighted by molar-refractivity contribution is 6.99. The van der Waals surface area contributed by atoms with E-state index in [0.717, 1.165) is 24.5 Å². The average molecular weight is 689 g/mol. The third-order valence-corrected chi connectivity index (χ3v) is 18.5. The second kappa shape index (κ2) is 13.9. The Morgan fingerprint density at radius 1 is 0.958 bits per heavy atom. The molecule has 2 saturated carbocycles. The molecule has 2 aromatic rings. The van der Waals surface area contributed by atoms with Gasteiger partial charge >= 0.3 is 0 Å². The lowest BCUT2D eigenvalue weighted by atomic mass is 9.64. The number of aliphatic hydroxyl groups excluding tert-OH is 1. The van der Waals surface area contributed by atoms with Gasteiger partial charge in [-0.2, -0.15) is 0 Å². The van der Waals surface area contributed by atoms with E-state index in [4.69, 9.17) is 13.9 Å². The molecule has 5 rings (SSSR count). The number of ether oxygens (including phenoxy) is 2. The molecule has 0 spiro atoms. The number of hydrogen-bond donors (Lipinski definition) is 2. The van der Waals surface area contributed by atoms with Gasteiger partial charge in [0.15, 0.2) is 0 Å². The lowest BCUT2D eigenvalue weighted by molar-refractivity contribution is -0.224. The van der Waals surface area contributed by atoms with Crippen LogP contribution in [0.2, 0.25) is 30.7 Å². The molecule has 0 heterocycles. The first kappa shape index (κ1) is 37.2. The van der Waals surface area contributed by atoms with Crippen molar-refractivity contribution in [2.24, 2.45) is 29.1 Å². The number of fused-ring (bicyclic) bond motifs is 3. The molecular weight excluding hydrogens is 629 g/mol. The van der Waals surface area contributed by atoms with Crippen LogP contribution in [-0.4, -0.2) is 64.4 Å². The van der Waals surface area contributed by atoms with Crippen LogP contribution in [0.25, 0.3) is 0 Å². The SMILES string of the molecule is CC#C[C@@]1(O)CC(CO[Si](c2ccccc2)(c2ccccc2)C(C)(C)C)=C[C@H]2[C@H]3[C@@H](CC[C@]2(OCOCC[Si](C)(C)C)[C@@H]1CO)C3(C)C. The first-order valence-electron chi connectivity index (χ1n) is 18.0. The average Bonchev–Trinajstić information content (AvgIpc) is 3.61. The summed E-state index contributed by atoms with van der Waals surface area (Å²) in [7, 11) is -4.10. The summed E-state index contributed by atoms with van der Waals surface area (Å²) in [6.07, 6.45) is 4.42. The molecule has 0 amide bonds. The van der Waals surface area contributed by atoms with E-state index in [-0.39, 0.29) is 29.8 Å². The van der Waals surface area contributed by atoms with Crippen LogP contribution in [0.15, 0.2) is 72.3 Å².